The second-order valence-electron chi connectivity index (χ2n) is 6.11. The van der Waals surface area contributed by atoms with Crippen molar-refractivity contribution in [1.29, 1.82) is 0 Å². The third-order valence-electron chi connectivity index (χ3n) is 3.86. The summed E-state index contributed by atoms with van der Waals surface area (Å²) < 4.78 is 5.38. The van der Waals surface area contributed by atoms with Gasteiger partial charge in [-0.25, -0.2) is 4.98 Å². The van der Waals surface area contributed by atoms with Gasteiger partial charge in [-0.05, 0) is 43.3 Å². The van der Waals surface area contributed by atoms with E-state index >= 15 is 0 Å². The predicted molar refractivity (Wildman–Crippen MR) is 107 cm³/mol. The molecule has 0 aliphatic rings. The van der Waals surface area contributed by atoms with Crippen LogP contribution in [0.1, 0.15) is 5.69 Å². The van der Waals surface area contributed by atoms with Gasteiger partial charge in [-0.1, -0.05) is 12.1 Å². The molecule has 0 fully saturated rings. The number of nitrogens with zero attached hydrogens (tertiary/aromatic N) is 3. The van der Waals surface area contributed by atoms with Gasteiger partial charge in [0.25, 0.3) is 0 Å². The summed E-state index contributed by atoms with van der Waals surface area (Å²) in [5.74, 6) is 2.01. The molecule has 1 aromatic heterocycles. The van der Waals surface area contributed by atoms with E-state index in [1.54, 1.807) is 7.11 Å². The van der Waals surface area contributed by atoms with Gasteiger partial charge in [-0.15, -0.1) is 0 Å². The number of methoxy groups -OCH3 is 1. The minimum atomic E-state index is 0.542. The van der Waals surface area contributed by atoms with Crippen molar-refractivity contribution >= 4 is 28.8 Å². The van der Waals surface area contributed by atoms with Crippen LogP contribution in [0.4, 0.5) is 28.8 Å². The Kier molecular flexibility index (Phi) is 5.22. The number of hydrogen-bond acceptors (Lipinski definition) is 6. The number of anilines is 5. The standard InChI is InChI=1S/C20H23N5O/c1-14-13-19(23-17-7-5-6-8-18(17)26-4)24-20(21-14)22-15-9-11-16(12-10-15)25(2)3/h5-13H,1-4H3,(H2,21,22,23,24). The minimum absolute atomic E-state index is 0.542. The highest BCUT2D eigenvalue weighted by Gasteiger charge is 2.07. The Bertz CT molecular complexity index is 878. The largest absolute Gasteiger partial charge is 0.495 e. The Labute approximate surface area is 153 Å². The molecule has 0 saturated heterocycles. The number of benzene rings is 2. The predicted octanol–water partition coefficient (Wildman–Crippen LogP) is 4.35. The summed E-state index contributed by atoms with van der Waals surface area (Å²) >= 11 is 0. The minimum Gasteiger partial charge on any atom is -0.495 e. The summed E-state index contributed by atoms with van der Waals surface area (Å²) in [5.41, 5.74) is 3.79. The number of rotatable bonds is 6. The maximum Gasteiger partial charge on any atom is 0.229 e. The number of nitrogens with one attached hydrogen (secondary N) is 2. The SMILES string of the molecule is COc1ccccc1Nc1cc(C)nc(Nc2ccc(N(C)C)cc2)n1. The summed E-state index contributed by atoms with van der Waals surface area (Å²) in [7, 11) is 5.68. The Morgan fingerprint density at radius 2 is 1.65 bits per heavy atom. The molecule has 134 valence electrons. The van der Waals surface area contributed by atoms with Gasteiger partial charge in [0, 0.05) is 37.2 Å². The van der Waals surface area contributed by atoms with Gasteiger partial charge in [-0.3, -0.25) is 0 Å². The molecule has 0 saturated carbocycles. The van der Waals surface area contributed by atoms with Gasteiger partial charge in [0.05, 0.1) is 12.8 Å². The highest BCUT2D eigenvalue weighted by Crippen LogP contribution is 2.27. The van der Waals surface area contributed by atoms with Crippen LogP contribution in [0.25, 0.3) is 0 Å². The summed E-state index contributed by atoms with van der Waals surface area (Å²) in [5, 5.41) is 6.55. The van der Waals surface area contributed by atoms with Gasteiger partial charge in [0.15, 0.2) is 0 Å². The van der Waals surface area contributed by atoms with E-state index in [1.807, 2.05) is 75.6 Å². The van der Waals surface area contributed by atoms with Crippen LogP contribution in [0.15, 0.2) is 54.6 Å². The van der Waals surface area contributed by atoms with Crippen LogP contribution in [0, 0.1) is 6.92 Å². The molecule has 0 radical (unpaired) electrons. The lowest BCUT2D eigenvalue weighted by Gasteiger charge is -2.14. The Morgan fingerprint density at radius 1 is 0.923 bits per heavy atom. The lowest BCUT2D eigenvalue weighted by atomic mass is 10.2. The fourth-order valence-electron chi connectivity index (χ4n) is 2.55. The first-order valence-corrected chi connectivity index (χ1v) is 8.35. The zero-order valence-corrected chi connectivity index (χ0v) is 15.4. The van der Waals surface area contributed by atoms with E-state index in [9.17, 15) is 0 Å². The molecule has 6 heteroatoms. The van der Waals surface area contributed by atoms with Crippen LogP contribution in [0.3, 0.4) is 0 Å². The molecule has 1 heterocycles. The Morgan fingerprint density at radius 3 is 2.35 bits per heavy atom. The van der Waals surface area contributed by atoms with E-state index in [0.29, 0.717) is 11.8 Å². The topological polar surface area (TPSA) is 62.3 Å². The van der Waals surface area contributed by atoms with E-state index in [2.05, 4.69) is 25.5 Å². The molecule has 3 rings (SSSR count). The van der Waals surface area contributed by atoms with E-state index in [4.69, 9.17) is 4.74 Å². The van der Waals surface area contributed by atoms with Crippen LogP contribution in [-0.4, -0.2) is 31.2 Å². The lowest BCUT2D eigenvalue weighted by Crippen LogP contribution is -2.08. The van der Waals surface area contributed by atoms with Crippen molar-refractivity contribution in [2.24, 2.45) is 0 Å². The zero-order chi connectivity index (χ0) is 18.5. The molecule has 0 atom stereocenters. The third kappa shape index (κ3) is 4.22. The third-order valence-corrected chi connectivity index (χ3v) is 3.86. The zero-order valence-electron chi connectivity index (χ0n) is 15.4. The molecule has 0 amide bonds. The number of para-hydroxylation sites is 2. The fraction of sp³-hybridized carbons (Fsp3) is 0.200. The van der Waals surface area contributed by atoms with E-state index < -0.39 is 0 Å². The summed E-state index contributed by atoms with van der Waals surface area (Å²) in [6.45, 7) is 1.94. The fourth-order valence-corrected chi connectivity index (χ4v) is 2.55. The van der Waals surface area contributed by atoms with Gasteiger partial charge < -0.3 is 20.3 Å². The van der Waals surface area contributed by atoms with Crippen molar-refractivity contribution in [2.45, 2.75) is 6.92 Å². The molecule has 0 aliphatic heterocycles. The smallest absolute Gasteiger partial charge is 0.229 e. The molecule has 2 aromatic carbocycles. The maximum absolute atomic E-state index is 5.38. The molecule has 6 nitrogen and oxygen atoms in total. The van der Waals surface area contributed by atoms with Gasteiger partial charge in [-0.2, -0.15) is 4.98 Å². The van der Waals surface area contributed by atoms with Gasteiger partial charge >= 0.3 is 0 Å². The van der Waals surface area contributed by atoms with Crippen molar-refractivity contribution in [3.8, 4) is 5.75 Å². The van der Waals surface area contributed by atoms with Gasteiger partial charge in [0.1, 0.15) is 11.6 Å². The molecule has 0 aliphatic carbocycles. The van der Waals surface area contributed by atoms with Crippen molar-refractivity contribution in [3.05, 3.63) is 60.3 Å². The van der Waals surface area contributed by atoms with E-state index in [1.165, 1.54) is 0 Å². The molecule has 0 spiro atoms. The van der Waals surface area contributed by atoms with Crippen LogP contribution in [0.5, 0.6) is 5.75 Å². The van der Waals surface area contributed by atoms with Crippen LogP contribution in [-0.2, 0) is 0 Å². The molecule has 0 bridgehead atoms. The maximum atomic E-state index is 5.38. The summed E-state index contributed by atoms with van der Waals surface area (Å²) in [4.78, 5) is 11.1. The van der Waals surface area contributed by atoms with Crippen molar-refractivity contribution in [3.63, 3.8) is 0 Å². The summed E-state index contributed by atoms with van der Waals surface area (Å²) in [6.07, 6.45) is 0. The quantitative estimate of drug-likeness (QED) is 0.690. The van der Waals surface area contributed by atoms with Crippen molar-refractivity contribution in [2.75, 3.05) is 36.7 Å². The molecular formula is C20H23N5O. The lowest BCUT2D eigenvalue weighted by molar-refractivity contribution is 0.417. The molecule has 0 unspecified atom stereocenters. The summed E-state index contributed by atoms with van der Waals surface area (Å²) in [6, 6.07) is 17.7. The highest BCUT2D eigenvalue weighted by atomic mass is 16.5. The first-order valence-electron chi connectivity index (χ1n) is 8.35. The first kappa shape index (κ1) is 17.5. The molecular weight excluding hydrogens is 326 g/mol. The molecule has 2 N–H and O–H groups in total. The Balaban J connectivity index is 1.81. The number of aryl methyl sites for hydroxylation is 1. The number of hydrogen-bond donors (Lipinski definition) is 2. The second kappa shape index (κ2) is 7.74. The highest BCUT2D eigenvalue weighted by molar-refractivity contribution is 5.66. The van der Waals surface area contributed by atoms with E-state index in [0.717, 1.165) is 28.5 Å². The van der Waals surface area contributed by atoms with Crippen LogP contribution in [0.2, 0.25) is 0 Å². The number of ether oxygens (including phenoxy) is 1. The molecule has 26 heavy (non-hydrogen) atoms. The van der Waals surface area contributed by atoms with E-state index in [-0.39, 0.29) is 0 Å². The average Bonchev–Trinajstić information content (AvgIpc) is 2.62. The van der Waals surface area contributed by atoms with Crippen LogP contribution >= 0.6 is 0 Å². The number of aromatic nitrogens is 2. The second-order valence-corrected chi connectivity index (χ2v) is 6.11. The van der Waals surface area contributed by atoms with Crippen molar-refractivity contribution in [1.82, 2.24) is 9.97 Å². The van der Waals surface area contributed by atoms with Crippen molar-refractivity contribution < 1.29 is 4.74 Å². The normalized spacial score (nSPS) is 10.3. The first-order chi connectivity index (χ1) is 12.5. The van der Waals surface area contributed by atoms with Gasteiger partial charge in [0.2, 0.25) is 5.95 Å². The molecule has 3 aromatic rings. The Hall–Kier alpha value is -3.28. The van der Waals surface area contributed by atoms with Crippen LogP contribution < -0.4 is 20.3 Å². The average molecular weight is 349 g/mol. The monoisotopic (exact) mass is 349 g/mol.